The maximum absolute atomic E-state index is 13.3. The lowest BCUT2D eigenvalue weighted by atomic mass is 10.2. The van der Waals surface area contributed by atoms with Crippen LogP contribution < -0.4 is 5.32 Å². The van der Waals surface area contributed by atoms with Crippen LogP contribution in [0.4, 0.5) is 17.6 Å². The van der Waals surface area contributed by atoms with Gasteiger partial charge in [-0.25, -0.2) is 4.39 Å². The van der Waals surface area contributed by atoms with Crippen LogP contribution in [0.15, 0.2) is 29.4 Å². The quantitative estimate of drug-likeness (QED) is 0.567. The Kier molecular flexibility index (Phi) is 6.82. The van der Waals surface area contributed by atoms with E-state index in [4.69, 9.17) is 0 Å². The van der Waals surface area contributed by atoms with E-state index in [1.54, 1.807) is 16.7 Å². The summed E-state index contributed by atoms with van der Waals surface area (Å²) in [6, 6.07) is 5.50. The number of halogens is 4. The molecule has 2 rings (SSSR count). The van der Waals surface area contributed by atoms with E-state index in [0.717, 1.165) is 11.8 Å². The van der Waals surface area contributed by atoms with Gasteiger partial charge in [-0.2, -0.15) is 13.2 Å². The molecule has 1 amide bonds. The van der Waals surface area contributed by atoms with Crippen molar-refractivity contribution in [3.05, 3.63) is 35.9 Å². The van der Waals surface area contributed by atoms with Crippen molar-refractivity contribution in [3.8, 4) is 5.69 Å². The highest BCUT2D eigenvalue weighted by Crippen LogP contribution is 2.27. The fourth-order valence-electron chi connectivity index (χ4n) is 2.09. The summed E-state index contributed by atoms with van der Waals surface area (Å²) < 4.78 is 51.5. The van der Waals surface area contributed by atoms with Crippen LogP contribution in [0.3, 0.4) is 0 Å². The molecule has 0 saturated carbocycles. The van der Waals surface area contributed by atoms with E-state index >= 15 is 0 Å². The standard InChI is InChI=1S/C16H19F4N5OS/c1-10(24(2)3)14-22-23-15(25(14)12-6-4-11(17)5-7-12)27-8-13(26)21-9-16(18,19)20/h4-7,10H,8-9H2,1-3H3,(H,21,26). The highest BCUT2D eigenvalue weighted by molar-refractivity contribution is 7.99. The second-order valence-electron chi connectivity index (χ2n) is 5.97. The second-order valence-corrected chi connectivity index (χ2v) is 6.92. The molecule has 6 nitrogen and oxygen atoms in total. The third-order valence-electron chi connectivity index (χ3n) is 3.71. The van der Waals surface area contributed by atoms with Crippen LogP contribution >= 0.6 is 11.8 Å². The SMILES string of the molecule is CC(c1nnc(SCC(=O)NCC(F)(F)F)n1-c1ccc(F)cc1)N(C)C. The van der Waals surface area contributed by atoms with Gasteiger partial charge in [0, 0.05) is 5.69 Å². The molecule has 0 aliphatic heterocycles. The third kappa shape index (κ3) is 5.93. The third-order valence-corrected chi connectivity index (χ3v) is 4.64. The van der Waals surface area contributed by atoms with E-state index in [9.17, 15) is 22.4 Å². The van der Waals surface area contributed by atoms with Gasteiger partial charge in [0.05, 0.1) is 11.8 Å². The normalized spacial score (nSPS) is 13.0. The summed E-state index contributed by atoms with van der Waals surface area (Å²) >= 11 is 0.952. The molecule has 0 saturated heterocycles. The lowest BCUT2D eigenvalue weighted by Gasteiger charge is -2.20. The minimum Gasteiger partial charge on any atom is -0.346 e. The number of amides is 1. The Morgan fingerprint density at radius 2 is 1.89 bits per heavy atom. The van der Waals surface area contributed by atoms with Crippen LogP contribution in [0.5, 0.6) is 0 Å². The number of rotatable bonds is 7. The largest absolute Gasteiger partial charge is 0.405 e. The zero-order valence-electron chi connectivity index (χ0n) is 14.9. The Balaban J connectivity index is 2.23. The molecule has 27 heavy (non-hydrogen) atoms. The molecule has 0 spiro atoms. The van der Waals surface area contributed by atoms with E-state index in [-0.39, 0.29) is 11.8 Å². The second kappa shape index (κ2) is 8.70. The molecule has 1 unspecified atom stereocenters. The minimum absolute atomic E-state index is 0.143. The van der Waals surface area contributed by atoms with Gasteiger partial charge in [-0.15, -0.1) is 10.2 Å². The van der Waals surface area contributed by atoms with Crippen molar-refractivity contribution in [2.24, 2.45) is 0 Å². The van der Waals surface area contributed by atoms with Crippen LogP contribution in [0, 0.1) is 5.82 Å². The number of alkyl halides is 3. The summed E-state index contributed by atoms with van der Waals surface area (Å²) in [4.78, 5) is 13.6. The smallest absolute Gasteiger partial charge is 0.346 e. The fraction of sp³-hybridized carbons (Fsp3) is 0.438. The Morgan fingerprint density at radius 1 is 1.26 bits per heavy atom. The lowest BCUT2D eigenvalue weighted by Crippen LogP contribution is -2.34. The van der Waals surface area contributed by atoms with Gasteiger partial charge in [-0.1, -0.05) is 11.8 Å². The molecule has 1 aromatic carbocycles. The van der Waals surface area contributed by atoms with Crippen molar-refractivity contribution in [2.45, 2.75) is 24.3 Å². The molecule has 148 valence electrons. The summed E-state index contributed by atoms with van der Waals surface area (Å²) in [5.41, 5.74) is 0.586. The number of carbonyl (C=O) groups is 1. The Hall–Kier alpha value is -2.14. The van der Waals surface area contributed by atoms with Gasteiger partial charge in [0.15, 0.2) is 11.0 Å². The van der Waals surface area contributed by atoms with Crippen molar-refractivity contribution in [3.63, 3.8) is 0 Å². The lowest BCUT2D eigenvalue weighted by molar-refractivity contribution is -0.136. The highest BCUT2D eigenvalue weighted by Gasteiger charge is 2.28. The van der Waals surface area contributed by atoms with E-state index in [2.05, 4.69) is 10.2 Å². The Morgan fingerprint density at radius 3 is 2.44 bits per heavy atom. The fourth-order valence-corrected chi connectivity index (χ4v) is 2.88. The van der Waals surface area contributed by atoms with Crippen molar-refractivity contribution >= 4 is 17.7 Å². The number of carbonyl (C=O) groups excluding carboxylic acids is 1. The van der Waals surface area contributed by atoms with Crippen LogP contribution in [-0.4, -0.2) is 58.1 Å². The summed E-state index contributed by atoms with van der Waals surface area (Å²) in [7, 11) is 3.71. The predicted octanol–water partition coefficient (Wildman–Crippen LogP) is 2.80. The molecular weight excluding hydrogens is 386 g/mol. The van der Waals surface area contributed by atoms with Gasteiger partial charge in [0.1, 0.15) is 12.4 Å². The highest BCUT2D eigenvalue weighted by atomic mass is 32.2. The van der Waals surface area contributed by atoms with E-state index < -0.39 is 24.4 Å². The predicted molar refractivity (Wildman–Crippen MR) is 93.2 cm³/mol. The van der Waals surface area contributed by atoms with Crippen molar-refractivity contribution in [2.75, 3.05) is 26.4 Å². The maximum atomic E-state index is 13.3. The molecule has 0 aliphatic rings. The van der Waals surface area contributed by atoms with E-state index in [0.29, 0.717) is 16.7 Å². The number of nitrogens with zero attached hydrogens (tertiary/aromatic N) is 4. The van der Waals surface area contributed by atoms with Crippen LogP contribution in [0.1, 0.15) is 18.8 Å². The van der Waals surface area contributed by atoms with Gasteiger partial charge < -0.3 is 5.32 Å². The topological polar surface area (TPSA) is 63.1 Å². The molecule has 0 bridgehead atoms. The van der Waals surface area contributed by atoms with Crippen molar-refractivity contribution in [1.82, 2.24) is 25.0 Å². The zero-order chi connectivity index (χ0) is 20.2. The number of benzene rings is 1. The number of hydrogen-bond donors (Lipinski definition) is 1. The summed E-state index contributed by atoms with van der Waals surface area (Å²) in [6.07, 6.45) is -4.47. The van der Waals surface area contributed by atoms with Crippen LogP contribution in [-0.2, 0) is 4.79 Å². The molecule has 0 aliphatic carbocycles. The van der Waals surface area contributed by atoms with E-state index in [1.165, 1.54) is 12.1 Å². The van der Waals surface area contributed by atoms with Crippen molar-refractivity contribution < 1.29 is 22.4 Å². The van der Waals surface area contributed by atoms with Gasteiger partial charge in [0.2, 0.25) is 5.91 Å². The van der Waals surface area contributed by atoms with Crippen LogP contribution in [0.25, 0.3) is 5.69 Å². The molecule has 1 N–H and O–H groups in total. The molecule has 1 heterocycles. The molecule has 2 aromatic rings. The molecule has 0 radical (unpaired) electrons. The van der Waals surface area contributed by atoms with Crippen LogP contribution in [0.2, 0.25) is 0 Å². The first-order chi connectivity index (χ1) is 12.6. The Bertz CT molecular complexity index is 776. The van der Waals surface area contributed by atoms with Crippen molar-refractivity contribution in [1.29, 1.82) is 0 Å². The zero-order valence-corrected chi connectivity index (χ0v) is 15.7. The van der Waals surface area contributed by atoms with E-state index in [1.807, 2.05) is 31.2 Å². The summed E-state index contributed by atoms with van der Waals surface area (Å²) in [6.45, 7) is 0.508. The van der Waals surface area contributed by atoms with Gasteiger partial charge in [-0.3, -0.25) is 14.3 Å². The van der Waals surface area contributed by atoms with Gasteiger partial charge in [-0.05, 0) is 45.3 Å². The molecule has 0 fully saturated rings. The average Bonchev–Trinajstić information content (AvgIpc) is 3.01. The number of aromatic nitrogens is 3. The first-order valence-electron chi connectivity index (χ1n) is 7.92. The Labute approximate surface area is 157 Å². The molecule has 1 atom stereocenters. The summed E-state index contributed by atoms with van der Waals surface area (Å²) in [5, 5.41) is 10.3. The molecule has 11 heteroatoms. The first-order valence-corrected chi connectivity index (χ1v) is 8.91. The molecular formula is C16H19F4N5OS. The number of thioether (sulfide) groups is 1. The maximum Gasteiger partial charge on any atom is 0.405 e. The first kappa shape index (κ1) is 21.2. The average molecular weight is 405 g/mol. The monoisotopic (exact) mass is 405 g/mol. The number of hydrogen-bond acceptors (Lipinski definition) is 5. The summed E-state index contributed by atoms with van der Waals surface area (Å²) in [5.74, 6) is -0.876. The molecule has 1 aromatic heterocycles. The van der Waals surface area contributed by atoms with Gasteiger partial charge in [0.25, 0.3) is 0 Å². The number of nitrogens with one attached hydrogen (secondary N) is 1. The van der Waals surface area contributed by atoms with Gasteiger partial charge >= 0.3 is 6.18 Å². The minimum atomic E-state index is -4.47.